The molecule has 1 saturated heterocycles. The SMILES string of the molecule is CCC1CCCN(Cc2nccn2C)C1. The first-order valence-corrected chi connectivity index (χ1v) is 5.98. The zero-order chi connectivity index (χ0) is 10.7. The molecule has 0 N–H and O–H groups in total. The second-order valence-corrected chi connectivity index (χ2v) is 4.61. The van der Waals surface area contributed by atoms with Crippen molar-refractivity contribution < 1.29 is 0 Å². The van der Waals surface area contributed by atoms with Crippen LogP contribution in [0.3, 0.4) is 0 Å². The lowest BCUT2D eigenvalue weighted by Crippen LogP contribution is -2.35. The summed E-state index contributed by atoms with van der Waals surface area (Å²) in [4.78, 5) is 6.92. The molecule has 0 aliphatic carbocycles. The van der Waals surface area contributed by atoms with Gasteiger partial charge in [0.15, 0.2) is 0 Å². The number of hydrogen-bond acceptors (Lipinski definition) is 2. The second kappa shape index (κ2) is 4.79. The van der Waals surface area contributed by atoms with Gasteiger partial charge < -0.3 is 4.57 Å². The van der Waals surface area contributed by atoms with Crippen LogP contribution in [-0.4, -0.2) is 27.5 Å². The molecule has 1 fully saturated rings. The molecule has 2 heterocycles. The Morgan fingerprint density at radius 1 is 1.53 bits per heavy atom. The van der Waals surface area contributed by atoms with Crippen LogP contribution in [0, 0.1) is 5.92 Å². The molecule has 0 aromatic carbocycles. The summed E-state index contributed by atoms with van der Waals surface area (Å²) in [5.41, 5.74) is 0. The molecule has 15 heavy (non-hydrogen) atoms. The summed E-state index contributed by atoms with van der Waals surface area (Å²) in [5.74, 6) is 2.09. The Kier molecular flexibility index (Phi) is 3.41. The summed E-state index contributed by atoms with van der Waals surface area (Å²) in [7, 11) is 2.07. The van der Waals surface area contributed by atoms with Crippen molar-refractivity contribution in [3.63, 3.8) is 0 Å². The summed E-state index contributed by atoms with van der Waals surface area (Å²) in [5, 5.41) is 0. The van der Waals surface area contributed by atoms with Gasteiger partial charge in [0.05, 0.1) is 6.54 Å². The van der Waals surface area contributed by atoms with E-state index in [1.54, 1.807) is 0 Å². The van der Waals surface area contributed by atoms with Gasteiger partial charge in [-0.25, -0.2) is 4.98 Å². The van der Waals surface area contributed by atoms with E-state index in [1.165, 1.54) is 38.2 Å². The molecule has 1 aromatic rings. The first-order chi connectivity index (χ1) is 7.29. The molecule has 0 saturated carbocycles. The Hall–Kier alpha value is -0.830. The van der Waals surface area contributed by atoms with E-state index in [4.69, 9.17) is 0 Å². The summed E-state index contributed by atoms with van der Waals surface area (Å²) in [6, 6.07) is 0. The van der Waals surface area contributed by atoms with E-state index >= 15 is 0 Å². The van der Waals surface area contributed by atoms with Gasteiger partial charge in [-0.2, -0.15) is 0 Å². The molecule has 3 nitrogen and oxygen atoms in total. The van der Waals surface area contributed by atoms with E-state index in [9.17, 15) is 0 Å². The fraction of sp³-hybridized carbons (Fsp3) is 0.750. The first-order valence-electron chi connectivity index (χ1n) is 5.98. The molecule has 1 aliphatic rings. The average molecular weight is 207 g/mol. The first kappa shape index (κ1) is 10.7. The van der Waals surface area contributed by atoms with E-state index < -0.39 is 0 Å². The van der Waals surface area contributed by atoms with Crippen molar-refractivity contribution in [2.75, 3.05) is 13.1 Å². The lowest BCUT2D eigenvalue weighted by atomic mass is 9.96. The fourth-order valence-corrected chi connectivity index (χ4v) is 2.38. The minimum atomic E-state index is 0.902. The van der Waals surface area contributed by atoms with Crippen molar-refractivity contribution in [1.82, 2.24) is 14.5 Å². The van der Waals surface area contributed by atoms with Gasteiger partial charge in [0.25, 0.3) is 0 Å². The Morgan fingerprint density at radius 3 is 3.07 bits per heavy atom. The highest BCUT2D eigenvalue weighted by molar-refractivity contribution is 4.91. The number of aromatic nitrogens is 2. The van der Waals surface area contributed by atoms with E-state index in [0.717, 1.165) is 12.5 Å². The van der Waals surface area contributed by atoms with Crippen LogP contribution in [0.4, 0.5) is 0 Å². The molecule has 1 aliphatic heterocycles. The zero-order valence-corrected chi connectivity index (χ0v) is 9.82. The molecule has 0 bridgehead atoms. The number of piperidine rings is 1. The molecule has 3 heteroatoms. The molecule has 1 unspecified atom stereocenters. The second-order valence-electron chi connectivity index (χ2n) is 4.61. The number of likely N-dealkylation sites (tertiary alicyclic amines) is 1. The number of nitrogens with zero attached hydrogens (tertiary/aromatic N) is 3. The average Bonchev–Trinajstić information content (AvgIpc) is 2.65. The van der Waals surface area contributed by atoms with Crippen LogP contribution in [-0.2, 0) is 13.6 Å². The van der Waals surface area contributed by atoms with Crippen molar-refractivity contribution in [3.8, 4) is 0 Å². The highest BCUT2D eigenvalue weighted by Crippen LogP contribution is 2.20. The van der Waals surface area contributed by atoms with Crippen LogP contribution >= 0.6 is 0 Å². The molecule has 0 spiro atoms. The highest BCUT2D eigenvalue weighted by atomic mass is 15.2. The smallest absolute Gasteiger partial charge is 0.122 e. The standard InChI is InChI=1S/C12H21N3/c1-3-11-5-4-7-15(9-11)10-12-13-6-8-14(12)2/h6,8,11H,3-5,7,9-10H2,1-2H3. The van der Waals surface area contributed by atoms with Crippen LogP contribution in [0.5, 0.6) is 0 Å². The van der Waals surface area contributed by atoms with Crippen molar-refractivity contribution in [3.05, 3.63) is 18.2 Å². The molecule has 1 atom stereocenters. The van der Waals surface area contributed by atoms with Crippen LogP contribution in [0.25, 0.3) is 0 Å². The summed E-state index contributed by atoms with van der Waals surface area (Å²) in [6.45, 7) is 5.81. The molecule has 84 valence electrons. The minimum Gasteiger partial charge on any atom is -0.337 e. The summed E-state index contributed by atoms with van der Waals surface area (Å²) in [6.07, 6.45) is 7.99. The van der Waals surface area contributed by atoms with Crippen LogP contribution in [0.1, 0.15) is 32.0 Å². The van der Waals surface area contributed by atoms with Crippen LogP contribution in [0.2, 0.25) is 0 Å². The maximum absolute atomic E-state index is 4.38. The Labute approximate surface area is 92.1 Å². The predicted molar refractivity (Wildman–Crippen MR) is 61.5 cm³/mol. The largest absolute Gasteiger partial charge is 0.337 e. The third-order valence-corrected chi connectivity index (χ3v) is 3.47. The minimum absolute atomic E-state index is 0.902. The number of hydrogen-bond donors (Lipinski definition) is 0. The van der Waals surface area contributed by atoms with Gasteiger partial charge >= 0.3 is 0 Å². The third-order valence-electron chi connectivity index (χ3n) is 3.47. The molecular weight excluding hydrogens is 186 g/mol. The monoisotopic (exact) mass is 207 g/mol. The van der Waals surface area contributed by atoms with Gasteiger partial charge in [0, 0.05) is 26.0 Å². The summed E-state index contributed by atoms with van der Waals surface area (Å²) < 4.78 is 2.12. The van der Waals surface area contributed by atoms with E-state index in [-0.39, 0.29) is 0 Å². The zero-order valence-electron chi connectivity index (χ0n) is 9.82. The third kappa shape index (κ3) is 2.59. The van der Waals surface area contributed by atoms with Gasteiger partial charge in [-0.05, 0) is 25.3 Å². The van der Waals surface area contributed by atoms with Gasteiger partial charge in [-0.3, -0.25) is 4.90 Å². The van der Waals surface area contributed by atoms with Crippen LogP contribution in [0.15, 0.2) is 12.4 Å². The molecule has 0 amide bonds. The Bertz CT molecular complexity index is 306. The molecular formula is C12H21N3. The van der Waals surface area contributed by atoms with Crippen molar-refractivity contribution >= 4 is 0 Å². The fourth-order valence-electron chi connectivity index (χ4n) is 2.38. The maximum Gasteiger partial charge on any atom is 0.122 e. The number of imidazole rings is 1. The van der Waals surface area contributed by atoms with Crippen molar-refractivity contribution in [2.45, 2.75) is 32.7 Å². The maximum atomic E-state index is 4.38. The molecule has 1 aromatic heterocycles. The van der Waals surface area contributed by atoms with Gasteiger partial charge in [0.1, 0.15) is 5.82 Å². The normalized spacial score (nSPS) is 23.2. The van der Waals surface area contributed by atoms with E-state index in [0.29, 0.717) is 0 Å². The molecule has 0 radical (unpaired) electrons. The number of rotatable bonds is 3. The summed E-state index contributed by atoms with van der Waals surface area (Å²) >= 11 is 0. The lowest BCUT2D eigenvalue weighted by molar-refractivity contribution is 0.160. The lowest BCUT2D eigenvalue weighted by Gasteiger charge is -2.31. The quantitative estimate of drug-likeness (QED) is 0.756. The number of aryl methyl sites for hydroxylation is 1. The van der Waals surface area contributed by atoms with Crippen molar-refractivity contribution in [1.29, 1.82) is 0 Å². The van der Waals surface area contributed by atoms with Crippen molar-refractivity contribution in [2.24, 2.45) is 13.0 Å². The van der Waals surface area contributed by atoms with E-state index in [2.05, 4.69) is 28.4 Å². The highest BCUT2D eigenvalue weighted by Gasteiger charge is 2.19. The van der Waals surface area contributed by atoms with Crippen LogP contribution < -0.4 is 0 Å². The predicted octanol–water partition coefficient (Wildman–Crippen LogP) is 2.04. The Morgan fingerprint density at radius 2 is 2.40 bits per heavy atom. The topological polar surface area (TPSA) is 21.1 Å². The van der Waals surface area contributed by atoms with Gasteiger partial charge in [0.2, 0.25) is 0 Å². The van der Waals surface area contributed by atoms with Gasteiger partial charge in [-0.1, -0.05) is 13.3 Å². The Balaban J connectivity index is 1.92. The van der Waals surface area contributed by atoms with Gasteiger partial charge in [-0.15, -0.1) is 0 Å². The molecule has 2 rings (SSSR count). The van der Waals surface area contributed by atoms with E-state index in [1.807, 2.05) is 12.4 Å².